The molecule has 4 aromatic rings. The standard InChI is InChI=1S/C18H22N8/c1-17(2,3)26-16-15(22-24-26)12(6-9-20-16)10-18(4,5)25-14-7-8-19-11-13(14)21-23-25/h6-9,11H,10H2,1-5H3. The van der Waals surface area contributed by atoms with Gasteiger partial charge in [0, 0.05) is 12.4 Å². The monoisotopic (exact) mass is 350 g/mol. The molecule has 0 saturated heterocycles. The third-order valence-electron chi connectivity index (χ3n) is 4.50. The van der Waals surface area contributed by atoms with Crippen molar-refractivity contribution in [3.05, 3.63) is 36.3 Å². The third kappa shape index (κ3) is 2.61. The van der Waals surface area contributed by atoms with E-state index in [9.17, 15) is 0 Å². The summed E-state index contributed by atoms with van der Waals surface area (Å²) < 4.78 is 3.82. The number of aromatic nitrogens is 8. The SMILES string of the molecule is CC(C)(C)n1nnc2c(CC(C)(C)n3nnc4cnccc43)ccnc21. The second-order valence-corrected chi connectivity index (χ2v) is 8.17. The largest absolute Gasteiger partial charge is 0.262 e. The van der Waals surface area contributed by atoms with E-state index in [0.717, 1.165) is 34.2 Å². The number of fused-ring (bicyclic) bond motifs is 2. The minimum absolute atomic E-state index is 0.176. The fourth-order valence-corrected chi connectivity index (χ4v) is 3.24. The van der Waals surface area contributed by atoms with Gasteiger partial charge in [0.1, 0.15) is 11.0 Å². The first kappa shape index (κ1) is 16.6. The van der Waals surface area contributed by atoms with Crippen LogP contribution >= 0.6 is 0 Å². The lowest BCUT2D eigenvalue weighted by atomic mass is 9.94. The minimum atomic E-state index is -0.296. The Kier molecular flexibility index (Phi) is 3.54. The van der Waals surface area contributed by atoms with Gasteiger partial charge in [-0.25, -0.2) is 14.3 Å². The van der Waals surface area contributed by atoms with Crippen LogP contribution in [0.4, 0.5) is 0 Å². The molecule has 8 nitrogen and oxygen atoms in total. The van der Waals surface area contributed by atoms with Gasteiger partial charge in [-0.1, -0.05) is 10.4 Å². The fourth-order valence-electron chi connectivity index (χ4n) is 3.24. The second-order valence-electron chi connectivity index (χ2n) is 8.17. The second kappa shape index (κ2) is 5.55. The van der Waals surface area contributed by atoms with E-state index in [1.165, 1.54) is 0 Å². The number of pyridine rings is 2. The van der Waals surface area contributed by atoms with Crippen LogP contribution in [-0.2, 0) is 17.5 Å². The molecule has 0 atom stereocenters. The van der Waals surface area contributed by atoms with E-state index in [2.05, 4.69) is 65.2 Å². The van der Waals surface area contributed by atoms with Crippen LogP contribution in [0.25, 0.3) is 22.2 Å². The summed E-state index contributed by atoms with van der Waals surface area (Å²) in [5.74, 6) is 0. The maximum absolute atomic E-state index is 4.51. The van der Waals surface area contributed by atoms with Gasteiger partial charge in [0.2, 0.25) is 0 Å². The summed E-state index contributed by atoms with van der Waals surface area (Å²) in [4.78, 5) is 8.62. The van der Waals surface area contributed by atoms with Crippen molar-refractivity contribution in [1.29, 1.82) is 0 Å². The van der Waals surface area contributed by atoms with Crippen molar-refractivity contribution in [1.82, 2.24) is 40.0 Å². The topological polar surface area (TPSA) is 87.2 Å². The molecule has 0 saturated carbocycles. The normalized spacial score (nSPS) is 13.0. The molecule has 0 fully saturated rings. The first-order valence-corrected chi connectivity index (χ1v) is 8.63. The highest BCUT2D eigenvalue weighted by Gasteiger charge is 2.27. The zero-order valence-corrected chi connectivity index (χ0v) is 15.7. The smallest absolute Gasteiger partial charge is 0.179 e. The molecule has 4 rings (SSSR count). The van der Waals surface area contributed by atoms with Gasteiger partial charge in [-0.3, -0.25) is 4.98 Å². The zero-order chi connectivity index (χ0) is 18.5. The van der Waals surface area contributed by atoms with Gasteiger partial charge >= 0.3 is 0 Å². The number of rotatable bonds is 3. The van der Waals surface area contributed by atoms with Crippen LogP contribution in [0.5, 0.6) is 0 Å². The van der Waals surface area contributed by atoms with Crippen molar-refractivity contribution in [3.8, 4) is 0 Å². The number of hydrogen-bond donors (Lipinski definition) is 0. The summed E-state index contributed by atoms with van der Waals surface area (Å²) in [6.07, 6.45) is 6.05. The van der Waals surface area contributed by atoms with E-state index in [4.69, 9.17) is 0 Å². The first-order valence-electron chi connectivity index (χ1n) is 8.63. The van der Waals surface area contributed by atoms with E-state index in [-0.39, 0.29) is 11.1 Å². The zero-order valence-electron chi connectivity index (χ0n) is 15.7. The molecule has 0 N–H and O–H groups in total. The van der Waals surface area contributed by atoms with E-state index >= 15 is 0 Å². The van der Waals surface area contributed by atoms with Crippen molar-refractivity contribution in [2.45, 2.75) is 52.1 Å². The molecule has 4 aromatic heterocycles. The summed E-state index contributed by atoms with van der Waals surface area (Å²) in [6, 6.07) is 3.95. The van der Waals surface area contributed by atoms with E-state index < -0.39 is 0 Å². The highest BCUT2D eigenvalue weighted by Crippen LogP contribution is 2.28. The lowest BCUT2D eigenvalue weighted by molar-refractivity contribution is 0.321. The Morgan fingerprint density at radius 2 is 1.69 bits per heavy atom. The molecule has 0 unspecified atom stereocenters. The Labute approximate surface area is 151 Å². The van der Waals surface area contributed by atoms with Gasteiger partial charge in [-0.2, -0.15) is 0 Å². The average molecular weight is 350 g/mol. The quantitative estimate of drug-likeness (QED) is 0.564. The van der Waals surface area contributed by atoms with Gasteiger partial charge in [0.25, 0.3) is 0 Å². The van der Waals surface area contributed by atoms with Crippen LogP contribution in [-0.4, -0.2) is 40.0 Å². The molecule has 0 radical (unpaired) electrons. The first-order chi connectivity index (χ1) is 12.3. The molecule has 0 amide bonds. The van der Waals surface area contributed by atoms with Crippen LogP contribution in [0.2, 0.25) is 0 Å². The molecule has 4 heterocycles. The lowest BCUT2D eigenvalue weighted by Crippen LogP contribution is -2.30. The molecular weight excluding hydrogens is 328 g/mol. The predicted molar refractivity (Wildman–Crippen MR) is 98.7 cm³/mol. The lowest BCUT2D eigenvalue weighted by Gasteiger charge is -2.25. The van der Waals surface area contributed by atoms with Gasteiger partial charge in [0.15, 0.2) is 5.65 Å². The maximum Gasteiger partial charge on any atom is 0.179 e. The van der Waals surface area contributed by atoms with Gasteiger partial charge in [-0.15, -0.1) is 10.2 Å². The van der Waals surface area contributed by atoms with Crippen LogP contribution < -0.4 is 0 Å². The van der Waals surface area contributed by atoms with Crippen molar-refractivity contribution in [2.24, 2.45) is 0 Å². The van der Waals surface area contributed by atoms with E-state index in [1.807, 2.05) is 27.7 Å². The van der Waals surface area contributed by atoms with Gasteiger partial charge in [0.05, 0.1) is 22.8 Å². The number of nitrogens with zero attached hydrogens (tertiary/aromatic N) is 8. The van der Waals surface area contributed by atoms with E-state index in [1.54, 1.807) is 12.4 Å². The Balaban J connectivity index is 1.78. The fraction of sp³-hybridized carbons (Fsp3) is 0.444. The molecule has 134 valence electrons. The Morgan fingerprint density at radius 1 is 0.923 bits per heavy atom. The number of hydrogen-bond acceptors (Lipinski definition) is 6. The highest BCUT2D eigenvalue weighted by atomic mass is 15.5. The van der Waals surface area contributed by atoms with Crippen molar-refractivity contribution in [2.75, 3.05) is 0 Å². The molecule has 8 heteroatoms. The minimum Gasteiger partial charge on any atom is -0.262 e. The van der Waals surface area contributed by atoms with Gasteiger partial charge < -0.3 is 0 Å². The maximum atomic E-state index is 4.51. The summed E-state index contributed by atoms with van der Waals surface area (Å²) in [5.41, 5.74) is 4.02. The average Bonchev–Trinajstić information content (AvgIpc) is 3.19. The molecule has 26 heavy (non-hydrogen) atoms. The Morgan fingerprint density at radius 3 is 2.46 bits per heavy atom. The molecular formula is C18H22N8. The molecule has 0 aliphatic carbocycles. The molecule has 0 aliphatic rings. The molecule has 0 aromatic carbocycles. The summed E-state index contributed by atoms with van der Waals surface area (Å²) in [6.45, 7) is 10.6. The molecule has 0 spiro atoms. The summed E-state index contributed by atoms with van der Waals surface area (Å²) in [7, 11) is 0. The molecule has 0 bridgehead atoms. The third-order valence-corrected chi connectivity index (χ3v) is 4.50. The van der Waals surface area contributed by atoms with Crippen LogP contribution in [0, 0.1) is 0 Å². The van der Waals surface area contributed by atoms with Crippen molar-refractivity contribution in [3.63, 3.8) is 0 Å². The Hall–Kier alpha value is -2.90. The Bertz CT molecular complexity index is 1080. The summed E-state index contributed by atoms with van der Waals surface area (Å²) in [5, 5.41) is 17.3. The predicted octanol–water partition coefficient (Wildman–Crippen LogP) is 2.70. The van der Waals surface area contributed by atoms with Crippen LogP contribution in [0.1, 0.15) is 40.2 Å². The van der Waals surface area contributed by atoms with Gasteiger partial charge in [-0.05, 0) is 58.7 Å². The van der Waals surface area contributed by atoms with E-state index in [0.29, 0.717) is 0 Å². The molecule has 0 aliphatic heterocycles. The van der Waals surface area contributed by atoms with Crippen molar-refractivity contribution >= 4 is 22.2 Å². The van der Waals surface area contributed by atoms with Crippen LogP contribution in [0.3, 0.4) is 0 Å². The summed E-state index contributed by atoms with van der Waals surface area (Å²) >= 11 is 0. The van der Waals surface area contributed by atoms with Crippen LogP contribution in [0.15, 0.2) is 30.7 Å². The van der Waals surface area contributed by atoms with Crippen molar-refractivity contribution < 1.29 is 0 Å². The highest BCUT2D eigenvalue weighted by molar-refractivity contribution is 5.75.